The first kappa shape index (κ1) is 15.8. The molecule has 0 amide bonds. The van der Waals surface area contributed by atoms with Crippen molar-refractivity contribution in [2.45, 2.75) is 19.1 Å². The SMILES string of the molecule is CCOc1ccc(OC[C@H]2CNC[C@@H](c3ccccc3)O2)cc1. The van der Waals surface area contributed by atoms with Crippen LogP contribution in [-0.4, -0.2) is 32.4 Å². The van der Waals surface area contributed by atoms with Gasteiger partial charge in [-0.3, -0.25) is 0 Å². The van der Waals surface area contributed by atoms with Gasteiger partial charge in [0, 0.05) is 13.1 Å². The molecule has 0 unspecified atom stereocenters. The number of rotatable bonds is 6. The molecule has 1 saturated heterocycles. The molecule has 2 aromatic rings. The van der Waals surface area contributed by atoms with Crippen molar-refractivity contribution in [3.8, 4) is 11.5 Å². The van der Waals surface area contributed by atoms with Gasteiger partial charge in [-0.2, -0.15) is 0 Å². The Labute approximate surface area is 137 Å². The molecule has 1 aliphatic heterocycles. The zero-order chi connectivity index (χ0) is 15.9. The number of hydrogen-bond donors (Lipinski definition) is 1. The van der Waals surface area contributed by atoms with E-state index in [1.807, 2.05) is 49.4 Å². The van der Waals surface area contributed by atoms with E-state index in [-0.39, 0.29) is 12.2 Å². The Bertz CT molecular complexity index is 585. The van der Waals surface area contributed by atoms with Gasteiger partial charge in [-0.05, 0) is 36.8 Å². The fourth-order valence-electron chi connectivity index (χ4n) is 2.65. The highest BCUT2D eigenvalue weighted by Crippen LogP contribution is 2.22. The topological polar surface area (TPSA) is 39.7 Å². The molecule has 23 heavy (non-hydrogen) atoms. The lowest BCUT2D eigenvalue weighted by atomic mass is 10.1. The number of hydrogen-bond acceptors (Lipinski definition) is 4. The van der Waals surface area contributed by atoms with Crippen LogP contribution in [0.5, 0.6) is 11.5 Å². The van der Waals surface area contributed by atoms with Crippen LogP contribution >= 0.6 is 0 Å². The first-order valence-electron chi connectivity index (χ1n) is 8.12. The van der Waals surface area contributed by atoms with Crippen LogP contribution in [0.25, 0.3) is 0 Å². The molecule has 2 atom stereocenters. The molecule has 0 aromatic heterocycles. The number of ether oxygens (including phenoxy) is 3. The lowest BCUT2D eigenvalue weighted by Gasteiger charge is -2.31. The van der Waals surface area contributed by atoms with Crippen molar-refractivity contribution in [3.05, 3.63) is 60.2 Å². The van der Waals surface area contributed by atoms with Gasteiger partial charge in [0.2, 0.25) is 0 Å². The zero-order valence-corrected chi connectivity index (χ0v) is 13.4. The van der Waals surface area contributed by atoms with Gasteiger partial charge in [-0.1, -0.05) is 30.3 Å². The fraction of sp³-hybridized carbons (Fsp3) is 0.368. The Morgan fingerprint density at radius 3 is 2.35 bits per heavy atom. The van der Waals surface area contributed by atoms with E-state index in [2.05, 4.69) is 17.4 Å². The summed E-state index contributed by atoms with van der Waals surface area (Å²) < 4.78 is 17.4. The monoisotopic (exact) mass is 313 g/mol. The average molecular weight is 313 g/mol. The summed E-state index contributed by atoms with van der Waals surface area (Å²) in [6, 6.07) is 18.0. The second-order valence-electron chi connectivity index (χ2n) is 5.53. The van der Waals surface area contributed by atoms with Crippen LogP contribution in [0, 0.1) is 0 Å². The van der Waals surface area contributed by atoms with E-state index in [0.717, 1.165) is 24.6 Å². The molecule has 0 spiro atoms. The first-order chi connectivity index (χ1) is 11.3. The van der Waals surface area contributed by atoms with E-state index in [9.17, 15) is 0 Å². The van der Waals surface area contributed by atoms with Crippen molar-refractivity contribution in [1.82, 2.24) is 5.32 Å². The third-order valence-electron chi connectivity index (χ3n) is 3.80. The molecule has 3 rings (SSSR count). The fourth-order valence-corrected chi connectivity index (χ4v) is 2.65. The van der Waals surface area contributed by atoms with E-state index in [0.29, 0.717) is 13.2 Å². The Hall–Kier alpha value is -2.04. The van der Waals surface area contributed by atoms with Crippen LogP contribution in [0.3, 0.4) is 0 Å². The van der Waals surface area contributed by atoms with Crippen molar-refractivity contribution in [2.75, 3.05) is 26.3 Å². The van der Waals surface area contributed by atoms with Crippen molar-refractivity contribution in [1.29, 1.82) is 0 Å². The van der Waals surface area contributed by atoms with E-state index >= 15 is 0 Å². The highest BCUT2D eigenvalue weighted by molar-refractivity contribution is 5.31. The van der Waals surface area contributed by atoms with Crippen LogP contribution < -0.4 is 14.8 Å². The molecule has 4 nitrogen and oxygen atoms in total. The third-order valence-corrected chi connectivity index (χ3v) is 3.80. The molecule has 1 fully saturated rings. The lowest BCUT2D eigenvalue weighted by molar-refractivity contribution is -0.0574. The average Bonchev–Trinajstić information content (AvgIpc) is 2.62. The Morgan fingerprint density at radius 2 is 1.65 bits per heavy atom. The van der Waals surface area contributed by atoms with E-state index < -0.39 is 0 Å². The van der Waals surface area contributed by atoms with Gasteiger partial charge in [-0.25, -0.2) is 0 Å². The van der Waals surface area contributed by atoms with E-state index in [1.54, 1.807) is 0 Å². The van der Waals surface area contributed by atoms with Crippen molar-refractivity contribution < 1.29 is 14.2 Å². The standard InChI is InChI=1S/C19H23NO3/c1-2-21-16-8-10-17(11-9-16)22-14-18-12-20-13-19(23-18)15-6-4-3-5-7-15/h3-11,18-20H,2,12-14H2,1H3/t18-,19+/m1/s1. The van der Waals surface area contributed by atoms with Crippen molar-refractivity contribution >= 4 is 0 Å². The van der Waals surface area contributed by atoms with Crippen molar-refractivity contribution in [2.24, 2.45) is 0 Å². The largest absolute Gasteiger partial charge is 0.494 e. The predicted octanol–water partition coefficient (Wildman–Crippen LogP) is 3.19. The maximum atomic E-state index is 6.14. The summed E-state index contributed by atoms with van der Waals surface area (Å²) in [4.78, 5) is 0. The molecule has 1 N–H and O–H groups in total. The molecule has 1 heterocycles. The molecule has 122 valence electrons. The molecule has 4 heteroatoms. The van der Waals surface area contributed by atoms with Crippen LogP contribution in [0.2, 0.25) is 0 Å². The van der Waals surface area contributed by atoms with Crippen LogP contribution in [0.1, 0.15) is 18.6 Å². The molecule has 0 saturated carbocycles. The minimum absolute atomic E-state index is 0.0422. The summed E-state index contributed by atoms with van der Waals surface area (Å²) in [7, 11) is 0. The van der Waals surface area contributed by atoms with Gasteiger partial charge in [0.1, 0.15) is 24.2 Å². The number of benzene rings is 2. The summed E-state index contributed by atoms with van der Waals surface area (Å²) in [6.07, 6.45) is 0.124. The van der Waals surface area contributed by atoms with Gasteiger partial charge in [-0.15, -0.1) is 0 Å². The van der Waals surface area contributed by atoms with Gasteiger partial charge >= 0.3 is 0 Å². The highest BCUT2D eigenvalue weighted by Gasteiger charge is 2.23. The molecular weight excluding hydrogens is 290 g/mol. The molecule has 1 aliphatic rings. The lowest BCUT2D eigenvalue weighted by Crippen LogP contribution is -2.43. The third kappa shape index (κ3) is 4.47. The summed E-state index contributed by atoms with van der Waals surface area (Å²) >= 11 is 0. The second kappa shape index (κ2) is 7.99. The Balaban J connectivity index is 1.52. The maximum absolute atomic E-state index is 6.14. The minimum atomic E-state index is 0.0422. The summed E-state index contributed by atoms with van der Waals surface area (Å²) in [5.41, 5.74) is 1.20. The van der Waals surface area contributed by atoms with Crippen molar-refractivity contribution in [3.63, 3.8) is 0 Å². The summed E-state index contributed by atoms with van der Waals surface area (Å²) in [5.74, 6) is 1.69. The smallest absolute Gasteiger partial charge is 0.119 e. The normalized spacial score (nSPS) is 20.9. The molecule has 0 radical (unpaired) electrons. The van der Waals surface area contributed by atoms with Crippen LogP contribution in [0.15, 0.2) is 54.6 Å². The molecule has 0 aliphatic carbocycles. The Morgan fingerprint density at radius 1 is 0.957 bits per heavy atom. The van der Waals surface area contributed by atoms with E-state index in [1.165, 1.54) is 5.56 Å². The molecular formula is C19H23NO3. The van der Waals surface area contributed by atoms with Gasteiger partial charge in [0.25, 0.3) is 0 Å². The van der Waals surface area contributed by atoms with Gasteiger partial charge in [0.05, 0.1) is 12.7 Å². The molecule has 0 bridgehead atoms. The second-order valence-corrected chi connectivity index (χ2v) is 5.53. The Kier molecular flexibility index (Phi) is 5.51. The minimum Gasteiger partial charge on any atom is -0.494 e. The van der Waals surface area contributed by atoms with Crippen LogP contribution in [0.4, 0.5) is 0 Å². The first-order valence-corrected chi connectivity index (χ1v) is 8.12. The van der Waals surface area contributed by atoms with Gasteiger partial charge in [0.15, 0.2) is 0 Å². The van der Waals surface area contributed by atoms with Gasteiger partial charge < -0.3 is 19.5 Å². The number of nitrogens with one attached hydrogen (secondary N) is 1. The summed E-state index contributed by atoms with van der Waals surface area (Å²) in [5, 5.41) is 3.42. The quantitative estimate of drug-likeness (QED) is 0.889. The van der Waals surface area contributed by atoms with Crippen LogP contribution in [-0.2, 0) is 4.74 Å². The summed E-state index contributed by atoms with van der Waals surface area (Å²) in [6.45, 7) is 4.82. The highest BCUT2D eigenvalue weighted by atomic mass is 16.5. The molecule has 2 aromatic carbocycles. The zero-order valence-electron chi connectivity index (χ0n) is 13.4. The predicted molar refractivity (Wildman–Crippen MR) is 90.0 cm³/mol. The maximum Gasteiger partial charge on any atom is 0.119 e. The number of morpholine rings is 1. The van der Waals surface area contributed by atoms with E-state index in [4.69, 9.17) is 14.2 Å².